The van der Waals surface area contributed by atoms with E-state index in [1.165, 1.54) is 28.7 Å². The number of anilines is 1. The molecule has 3 rings (SSSR count). The predicted octanol–water partition coefficient (Wildman–Crippen LogP) is 4.89. The minimum Gasteiger partial charge on any atom is -0.356 e. The van der Waals surface area contributed by atoms with Crippen molar-refractivity contribution in [3.05, 3.63) is 70.2 Å². The van der Waals surface area contributed by atoms with Crippen LogP contribution in [0.1, 0.15) is 15.9 Å². The molecule has 0 radical (unpaired) electrons. The van der Waals surface area contributed by atoms with E-state index in [4.69, 9.17) is 0 Å². The van der Waals surface area contributed by atoms with Crippen LogP contribution in [0.15, 0.2) is 63.4 Å². The highest BCUT2D eigenvalue weighted by atomic mass is 79.9. The molecule has 0 saturated heterocycles. The van der Waals surface area contributed by atoms with Crippen LogP contribution in [0, 0.1) is 0 Å². The molecule has 0 saturated carbocycles. The summed E-state index contributed by atoms with van der Waals surface area (Å²) in [5.41, 5.74) is 1.88. The van der Waals surface area contributed by atoms with Crippen LogP contribution in [0.3, 0.4) is 0 Å². The molecule has 0 bridgehead atoms. The van der Waals surface area contributed by atoms with Gasteiger partial charge < -0.3 is 5.32 Å². The van der Waals surface area contributed by atoms with Gasteiger partial charge in [-0.3, -0.25) is 4.79 Å². The van der Waals surface area contributed by atoms with Crippen molar-refractivity contribution in [3.8, 4) is 0 Å². The number of aromatic nitrogens is 2. The molecule has 1 heterocycles. The molecule has 0 unspecified atom stereocenters. The quantitative estimate of drug-likeness (QED) is 0.436. The number of halogens is 1. The Hall–Kier alpha value is -1.70. The molecule has 0 spiro atoms. The maximum absolute atomic E-state index is 12.2. The molecule has 4 nitrogen and oxygen atoms in total. The maximum atomic E-state index is 12.2. The van der Waals surface area contributed by atoms with Crippen LogP contribution in [0.25, 0.3) is 0 Å². The van der Waals surface area contributed by atoms with Gasteiger partial charge in [0.05, 0.1) is 5.75 Å². The van der Waals surface area contributed by atoms with Gasteiger partial charge in [0, 0.05) is 16.6 Å². The van der Waals surface area contributed by atoms with Crippen LogP contribution in [0.5, 0.6) is 0 Å². The van der Waals surface area contributed by atoms with E-state index < -0.39 is 0 Å². The summed E-state index contributed by atoms with van der Waals surface area (Å²) >= 11 is 6.25. The summed E-state index contributed by atoms with van der Waals surface area (Å²) in [6, 6.07) is 17.5. The third kappa shape index (κ3) is 4.90. The zero-order chi connectivity index (χ0) is 16.8. The second-order valence-corrected chi connectivity index (χ2v) is 8.05. The molecule has 0 aliphatic carbocycles. The molecule has 2 aromatic carbocycles. The van der Waals surface area contributed by atoms with Crippen molar-refractivity contribution < 1.29 is 4.79 Å². The Morgan fingerprint density at radius 1 is 1.12 bits per heavy atom. The minimum atomic E-state index is 0.0790. The van der Waals surface area contributed by atoms with Gasteiger partial charge in [0.2, 0.25) is 5.13 Å². The Kier molecular flexibility index (Phi) is 6.01. The summed E-state index contributed by atoms with van der Waals surface area (Å²) in [5.74, 6) is 0.430. The van der Waals surface area contributed by atoms with Gasteiger partial charge in [-0.2, -0.15) is 0 Å². The first-order valence-corrected chi connectivity index (χ1v) is 9.83. The van der Waals surface area contributed by atoms with E-state index in [1.807, 2.05) is 42.5 Å². The Balaban J connectivity index is 1.51. The lowest BCUT2D eigenvalue weighted by atomic mass is 10.2. The molecule has 0 amide bonds. The highest BCUT2D eigenvalue weighted by molar-refractivity contribution is 9.10. The minimum absolute atomic E-state index is 0.0790. The number of benzene rings is 2. The summed E-state index contributed by atoms with van der Waals surface area (Å²) in [7, 11) is 0. The van der Waals surface area contributed by atoms with Crippen LogP contribution >= 0.6 is 39.0 Å². The number of thioether (sulfide) groups is 1. The molecule has 1 aromatic heterocycles. The van der Waals surface area contributed by atoms with Crippen molar-refractivity contribution in [2.75, 3.05) is 11.1 Å². The fourth-order valence-corrected chi connectivity index (χ4v) is 4.03. The van der Waals surface area contributed by atoms with Crippen molar-refractivity contribution in [3.63, 3.8) is 0 Å². The van der Waals surface area contributed by atoms with Crippen molar-refractivity contribution in [2.45, 2.75) is 10.9 Å². The number of carbonyl (C=O) groups excluding carboxylic acids is 1. The van der Waals surface area contributed by atoms with Gasteiger partial charge in [-0.1, -0.05) is 81.5 Å². The lowest BCUT2D eigenvalue weighted by molar-refractivity contribution is 0.102. The van der Waals surface area contributed by atoms with Gasteiger partial charge in [0.15, 0.2) is 10.1 Å². The molecule has 1 N–H and O–H groups in total. The highest BCUT2D eigenvalue weighted by Gasteiger charge is 2.10. The Morgan fingerprint density at radius 2 is 1.96 bits per heavy atom. The zero-order valence-corrected chi connectivity index (χ0v) is 15.8. The highest BCUT2D eigenvalue weighted by Crippen LogP contribution is 2.26. The average Bonchev–Trinajstić information content (AvgIpc) is 3.07. The van der Waals surface area contributed by atoms with Crippen LogP contribution < -0.4 is 5.32 Å². The van der Waals surface area contributed by atoms with Crippen LogP contribution in [-0.2, 0) is 6.54 Å². The largest absolute Gasteiger partial charge is 0.356 e. The Bertz CT molecular complexity index is 823. The summed E-state index contributed by atoms with van der Waals surface area (Å²) in [5, 5.41) is 12.2. The predicted molar refractivity (Wildman–Crippen MR) is 103 cm³/mol. The molecule has 0 aliphatic heterocycles. The number of rotatable bonds is 7. The van der Waals surface area contributed by atoms with E-state index >= 15 is 0 Å². The fourth-order valence-electron chi connectivity index (χ4n) is 1.99. The van der Waals surface area contributed by atoms with Gasteiger partial charge in [-0.05, 0) is 17.7 Å². The second-order valence-electron chi connectivity index (χ2n) is 4.93. The molecule has 0 atom stereocenters. The number of nitrogens with zero attached hydrogens (tertiary/aromatic N) is 2. The van der Waals surface area contributed by atoms with Gasteiger partial charge in [0.1, 0.15) is 0 Å². The van der Waals surface area contributed by atoms with E-state index in [2.05, 4.69) is 43.6 Å². The monoisotopic (exact) mass is 419 g/mol. The fraction of sp³-hybridized carbons (Fsp3) is 0.118. The second kappa shape index (κ2) is 8.41. The van der Waals surface area contributed by atoms with Crippen LogP contribution in [-0.4, -0.2) is 21.7 Å². The average molecular weight is 420 g/mol. The van der Waals surface area contributed by atoms with Gasteiger partial charge in [0.25, 0.3) is 0 Å². The smallest absolute Gasteiger partial charge is 0.206 e. The topological polar surface area (TPSA) is 54.9 Å². The summed E-state index contributed by atoms with van der Waals surface area (Å²) in [6.45, 7) is 0.705. The van der Waals surface area contributed by atoms with Gasteiger partial charge in [-0.15, -0.1) is 10.2 Å². The number of hydrogen-bond acceptors (Lipinski definition) is 6. The molecule has 0 fully saturated rings. The molecule has 122 valence electrons. The van der Waals surface area contributed by atoms with Crippen molar-refractivity contribution in [2.24, 2.45) is 0 Å². The lowest BCUT2D eigenvalue weighted by Crippen LogP contribution is -2.01. The standard InChI is InChI=1S/C17H14BrN3OS2/c18-14-8-4-7-13(9-14)15(22)11-23-17-21-20-16(24-17)19-10-12-5-2-1-3-6-12/h1-9H,10-11H2,(H,19,20). The molecule has 24 heavy (non-hydrogen) atoms. The summed E-state index contributed by atoms with van der Waals surface area (Å²) < 4.78 is 1.69. The zero-order valence-electron chi connectivity index (χ0n) is 12.6. The van der Waals surface area contributed by atoms with Crippen molar-refractivity contribution in [1.29, 1.82) is 0 Å². The number of nitrogens with one attached hydrogen (secondary N) is 1. The lowest BCUT2D eigenvalue weighted by Gasteiger charge is -2.01. The number of Topliss-reactive ketones (excluding diaryl/α,β-unsaturated/α-hetero) is 1. The Morgan fingerprint density at radius 3 is 2.75 bits per heavy atom. The SMILES string of the molecule is O=C(CSc1nnc(NCc2ccccc2)s1)c1cccc(Br)c1. The van der Waals surface area contributed by atoms with E-state index in [1.54, 1.807) is 0 Å². The van der Waals surface area contributed by atoms with Crippen LogP contribution in [0.2, 0.25) is 0 Å². The van der Waals surface area contributed by atoms with Gasteiger partial charge >= 0.3 is 0 Å². The summed E-state index contributed by atoms with van der Waals surface area (Å²) in [4.78, 5) is 12.2. The van der Waals surface area contributed by atoms with E-state index in [9.17, 15) is 4.79 Å². The third-order valence-corrected chi connectivity index (χ3v) is 5.67. The number of carbonyl (C=O) groups is 1. The van der Waals surface area contributed by atoms with Crippen molar-refractivity contribution >= 4 is 49.9 Å². The van der Waals surface area contributed by atoms with E-state index in [-0.39, 0.29) is 5.78 Å². The van der Waals surface area contributed by atoms with Gasteiger partial charge in [-0.25, -0.2) is 0 Å². The number of hydrogen-bond donors (Lipinski definition) is 1. The maximum Gasteiger partial charge on any atom is 0.206 e. The molecule has 0 aliphatic rings. The molecular weight excluding hydrogens is 406 g/mol. The first-order valence-electron chi connectivity index (χ1n) is 7.23. The molecule has 3 aromatic rings. The Labute approximate surface area is 156 Å². The van der Waals surface area contributed by atoms with E-state index in [0.29, 0.717) is 17.9 Å². The number of ketones is 1. The summed E-state index contributed by atoms with van der Waals surface area (Å²) in [6.07, 6.45) is 0. The van der Waals surface area contributed by atoms with E-state index in [0.717, 1.165) is 13.9 Å². The molecule has 7 heteroatoms. The normalized spacial score (nSPS) is 10.5. The first kappa shape index (κ1) is 17.1. The first-order chi connectivity index (χ1) is 11.7. The molecular formula is C17H14BrN3OS2. The van der Waals surface area contributed by atoms with Crippen LogP contribution in [0.4, 0.5) is 5.13 Å². The third-order valence-electron chi connectivity index (χ3n) is 3.17. The van der Waals surface area contributed by atoms with Crippen molar-refractivity contribution in [1.82, 2.24) is 10.2 Å².